The molecule has 0 spiro atoms. The highest BCUT2D eigenvalue weighted by atomic mass is 19.1. The van der Waals surface area contributed by atoms with Crippen LogP contribution in [0.25, 0.3) is 5.69 Å². The highest BCUT2D eigenvalue weighted by Crippen LogP contribution is 2.17. The molecule has 0 radical (unpaired) electrons. The topological polar surface area (TPSA) is 54.7 Å². The van der Waals surface area contributed by atoms with Gasteiger partial charge in [-0.25, -0.2) is 9.07 Å². The third-order valence-electron chi connectivity index (χ3n) is 5.66. The van der Waals surface area contributed by atoms with Crippen molar-refractivity contribution < 1.29 is 9.13 Å². The molecule has 3 aromatic rings. The molecule has 1 unspecified atom stereocenters. The van der Waals surface area contributed by atoms with Crippen LogP contribution in [0, 0.1) is 11.7 Å². The van der Waals surface area contributed by atoms with Crippen molar-refractivity contribution in [1.82, 2.24) is 20.0 Å². The number of halogens is 1. The van der Waals surface area contributed by atoms with Crippen molar-refractivity contribution in [3.63, 3.8) is 0 Å². The minimum atomic E-state index is -0.247. The first-order valence-electron chi connectivity index (χ1n) is 11.1. The van der Waals surface area contributed by atoms with Crippen molar-refractivity contribution in [3.05, 3.63) is 83.9 Å². The van der Waals surface area contributed by atoms with Crippen LogP contribution < -0.4 is 5.32 Å². The summed E-state index contributed by atoms with van der Waals surface area (Å²) in [6.07, 6.45) is 3.79. The number of nitrogens with one attached hydrogen (secondary N) is 1. The third kappa shape index (κ3) is 5.95. The van der Waals surface area contributed by atoms with Crippen LogP contribution in [-0.4, -0.2) is 53.9 Å². The lowest BCUT2D eigenvalue weighted by Gasteiger charge is -2.21. The highest BCUT2D eigenvalue weighted by molar-refractivity contribution is 5.80. The van der Waals surface area contributed by atoms with E-state index in [2.05, 4.69) is 32.4 Å². The second kappa shape index (κ2) is 10.9. The predicted molar refractivity (Wildman–Crippen MR) is 124 cm³/mol. The Balaban J connectivity index is 1.19. The van der Waals surface area contributed by atoms with E-state index >= 15 is 0 Å². The average Bonchev–Trinajstić information content (AvgIpc) is 3.48. The van der Waals surface area contributed by atoms with E-state index in [0.29, 0.717) is 12.5 Å². The molecule has 4 rings (SSSR count). The van der Waals surface area contributed by atoms with Gasteiger partial charge in [-0.1, -0.05) is 30.3 Å². The fourth-order valence-corrected chi connectivity index (χ4v) is 3.95. The lowest BCUT2D eigenvalue weighted by Crippen LogP contribution is -2.41. The minimum absolute atomic E-state index is 0.247. The number of ether oxygens (including phenoxy) is 1. The van der Waals surface area contributed by atoms with Gasteiger partial charge in [-0.3, -0.25) is 4.99 Å². The van der Waals surface area contributed by atoms with Crippen LogP contribution >= 0.6 is 0 Å². The Bertz CT molecular complexity index is 1000. The van der Waals surface area contributed by atoms with E-state index in [1.807, 2.05) is 37.5 Å². The molecule has 6 nitrogen and oxygen atoms in total. The number of guanidine groups is 1. The maximum absolute atomic E-state index is 13.1. The standard InChI is InChI=1S/C25H30FN5O/c1-27-25(30-15-12-21(17-30)19-32-18-20-5-3-2-4-6-20)28-14-11-23-13-16-31(29-23)24-9-7-22(26)8-10-24/h2-10,13,16,21H,11-12,14-15,17-19H2,1H3,(H,27,28). The van der Waals surface area contributed by atoms with Crippen LogP contribution in [0.15, 0.2) is 71.9 Å². The molecule has 2 aromatic carbocycles. The van der Waals surface area contributed by atoms with Gasteiger partial charge in [0.15, 0.2) is 5.96 Å². The number of aliphatic imine (C=N–C) groups is 1. The van der Waals surface area contributed by atoms with Crippen molar-refractivity contribution in [2.24, 2.45) is 10.9 Å². The van der Waals surface area contributed by atoms with E-state index in [1.165, 1.54) is 17.7 Å². The fraction of sp³-hybridized carbons (Fsp3) is 0.360. The minimum Gasteiger partial charge on any atom is -0.376 e. The number of nitrogens with zero attached hydrogens (tertiary/aromatic N) is 4. The molecule has 168 valence electrons. The summed E-state index contributed by atoms with van der Waals surface area (Å²) in [6.45, 7) is 4.11. The number of benzene rings is 2. The molecule has 0 saturated carbocycles. The molecule has 1 aliphatic heterocycles. The van der Waals surface area contributed by atoms with E-state index in [0.717, 1.165) is 56.4 Å². The molecule has 7 heteroatoms. The lowest BCUT2D eigenvalue weighted by atomic mass is 10.1. The van der Waals surface area contributed by atoms with Crippen LogP contribution in [0.1, 0.15) is 17.7 Å². The zero-order valence-corrected chi connectivity index (χ0v) is 18.5. The third-order valence-corrected chi connectivity index (χ3v) is 5.66. The summed E-state index contributed by atoms with van der Waals surface area (Å²) >= 11 is 0. The molecule has 2 heterocycles. The first-order valence-corrected chi connectivity index (χ1v) is 11.1. The molecule has 1 saturated heterocycles. The summed E-state index contributed by atoms with van der Waals surface area (Å²) < 4.78 is 20.8. The van der Waals surface area contributed by atoms with E-state index in [4.69, 9.17) is 4.74 Å². The molecular formula is C25H30FN5O. The summed E-state index contributed by atoms with van der Waals surface area (Å²) in [4.78, 5) is 6.75. The zero-order valence-electron chi connectivity index (χ0n) is 18.5. The Morgan fingerprint density at radius 2 is 1.97 bits per heavy atom. The lowest BCUT2D eigenvalue weighted by molar-refractivity contribution is 0.0907. The van der Waals surface area contributed by atoms with Crippen molar-refractivity contribution in [2.45, 2.75) is 19.4 Å². The Hall–Kier alpha value is -3.19. The first kappa shape index (κ1) is 22.0. The summed E-state index contributed by atoms with van der Waals surface area (Å²) in [5.74, 6) is 1.20. The second-order valence-electron chi connectivity index (χ2n) is 8.05. The van der Waals surface area contributed by atoms with Crippen LogP contribution in [0.3, 0.4) is 0 Å². The van der Waals surface area contributed by atoms with Gasteiger partial charge in [0.05, 0.1) is 24.6 Å². The van der Waals surface area contributed by atoms with Gasteiger partial charge in [0.25, 0.3) is 0 Å². The summed E-state index contributed by atoms with van der Waals surface area (Å²) in [5, 5.41) is 8.04. The molecule has 1 N–H and O–H groups in total. The molecule has 0 bridgehead atoms. The number of aromatic nitrogens is 2. The largest absolute Gasteiger partial charge is 0.376 e. The van der Waals surface area contributed by atoms with E-state index in [1.54, 1.807) is 16.8 Å². The SMILES string of the molecule is CN=C(NCCc1ccn(-c2ccc(F)cc2)n1)N1CCC(COCc2ccccc2)C1. The highest BCUT2D eigenvalue weighted by Gasteiger charge is 2.24. The Labute approximate surface area is 188 Å². The van der Waals surface area contributed by atoms with Crippen LogP contribution in [0.2, 0.25) is 0 Å². The molecular weight excluding hydrogens is 405 g/mol. The van der Waals surface area contributed by atoms with Gasteiger partial charge in [-0.05, 0) is 42.3 Å². The monoisotopic (exact) mass is 435 g/mol. The van der Waals surface area contributed by atoms with Crippen molar-refractivity contribution in [2.75, 3.05) is 33.3 Å². The van der Waals surface area contributed by atoms with Gasteiger partial charge in [0.2, 0.25) is 0 Å². The number of hydrogen-bond acceptors (Lipinski definition) is 3. The first-order chi connectivity index (χ1) is 15.7. The smallest absolute Gasteiger partial charge is 0.193 e. The Morgan fingerprint density at radius 3 is 2.75 bits per heavy atom. The van der Waals surface area contributed by atoms with Crippen molar-refractivity contribution in [1.29, 1.82) is 0 Å². The van der Waals surface area contributed by atoms with E-state index in [9.17, 15) is 4.39 Å². The molecule has 32 heavy (non-hydrogen) atoms. The molecule has 1 aromatic heterocycles. The van der Waals surface area contributed by atoms with Crippen LogP contribution in [0.5, 0.6) is 0 Å². The average molecular weight is 436 g/mol. The molecule has 0 amide bonds. The predicted octanol–water partition coefficient (Wildman–Crippen LogP) is 3.67. The molecule has 0 aliphatic carbocycles. The summed E-state index contributed by atoms with van der Waals surface area (Å²) in [6, 6.07) is 18.6. The second-order valence-corrected chi connectivity index (χ2v) is 8.05. The summed E-state index contributed by atoms with van der Waals surface area (Å²) in [7, 11) is 1.82. The number of hydrogen-bond donors (Lipinski definition) is 1. The maximum atomic E-state index is 13.1. The quantitative estimate of drug-likeness (QED) is 0.433. The molecule has 1 atom stereocenters. The van der Waals surface area contributed by atoms with Crippen LogP contribution in [-0.2, 0) is 17.8 Å². The van der Waals surface area contributed by atoms with Gasteiger partial charge in [-0.2, -0.15) is 5.10 Å². The zero-order chi connectivity index (χ0) is 22.2. The maximum Gasteiger partial charge on any atom is 0.193 e. The fourth-order valence-electron chi connectivity index (χ4n) is 3.95. The van der Waals surface area contributed by atoms with Gasteiger partial charge < -0.3 is 15.0 Å². The van der Waals surface area contributed by atoms with E-state index < -0.39 is 0 Å². The van der Waals surface area contributed by atoms with Crippen LogP contribution in [0.4, 0.5) is 4.39 Å². The Morgan fingerprint density at radius 1 is 1.16 bits per heavy atom. The molecule has 1 aliphatic rings. The van der Waals surface area contributed by atoms with Crippen molar-refractivity contribution in [3.8, 4) is 5.69 Å². The number of rotatable bonds is 8. The molecule has 1 fully saturated rings. The number of likely N-dealkylation sites (tertiary alicyclic amines) is 1. The van der Waals surface area contributed by atoms with Gasteiger partial charge in [0.1, 0.15) is 5.82 Å². The van der Waals surface area contributed by atoms with Gasteiger partial charge in [0, 0.05) is 45.2 Å². The van der Waals surface area contributed by atoms with Gasteiger partial charge in [-0.15, -0.1) is 0 Å². The van der Waals surface area contributed by atoms with Crippen molar-refractivity contribution >= 4 is 5.96 Å². The van der Waals surface area contributed by atoms with Gasteiger partial charge >= 0.3 is 0 Å². The normalized spacial score (nSPS) is 16.5. The summed E-state index contributed by atoms with van der Waals surface area (Å²) in [5.41, 5.74) is 3.03. The van der Waals surface area contributed by atoms with E-state index in [-0.39, 0.29) is 5.82 Å². The Kier molecular flexibility index (Phi) is 7.51.